The maximum absolute atomic E-state index is 8.16. The predicted molar refractivity (Wildman–Crippen MR) is 43.2 cm³/mol. The van der Waals surface area contributed by atoms with Crippen molar-refractivity contribution in [1.29, 1.82) is 0 Å². The fraction of sp³-hybridized carbons (Fsp3) is 0.125. The minimum absolute atomic E-state index is 0.429. The Morgan fingerprint density at radius 3 is 3.00 bits per heavy atom. The highest BCUT2D eigenvalue weighted by molar-refractivity contribution is 5.39. The maximum Gasteiger partial charge on any atom is 0.237 e. The lowest BCUT2D eigenvalue weighted by atomic mass is 10.2. The van der Waals surface area contributed by atoms with Crippen LogP contribution in [0.4, 0.5) is 0 Å². The monoisotopic (exact) mass is 160 g/mol. The number of hydrogen-bond donors (Lipinski definition) is 0. The van der Waals surface area contributed by atoms with Gasteiger partial charge in [-0.3, -0.25) is 0 Å². The van der Waals surface area contributed by atoms with Crippen LogP contribution in [0.25, 0.3) is 10.4 Å². The summed E-state index contributed by atoms with van der Waals surface area (Å²) in [6.07, 6.45) is 1.03. The number of rotatable bonds is 1. The van der Waals surface area contributed by atoms with Crippen molar-refractivity contribution < 1.29 is 4.74 Å². The van der Waals surface area contributed by atoms with E-state index in [2.05, 4.69) is 10.0 Å². The van der Waals surface area contributed by atoms with Crippen LogP contribution in [0.5, 0.6) is 5.75 Å². The molecule has 0 amide bonds. The third-order valence-electron chi connectivity index (χ3n) is 1.70. The van der Waals surface area contributed by atoms with Gasteiger partial charge < -0.3 is 4.74 Å². The molecule has 1 radical (unpaired) electrons. The predicted octanol–water partition coefficient (Wildman–Crippen LogP) is 2.42. The fourth-order valence-electron chi connectivity index (χ4n) is 1.18. The molecular weight excluding hydrogens is 154 g/mol. The molecule has 1 aliphatic heterocycles. The number of hydrogen-bond acceptors (Lipinski definition) is 2. The molecule has 2 rings (SSSR count). The molecule has 0 unspecified atom stereocenters. The van der Waals surface area contributed by atoms with E-state index in [0.29, 0.717) is 12.6 Å². The second kappa shape index (κ2) is 2.75. The molecule has 4 heteroatoms. The number of para-hydroxylation sites is 1. The van der Waals surface area contributed by atoms with Gasteiger partial charge in [0.15, 0.2) is 0 Å². The van der Waals surface area contributed by atoms with Crippen molar-refractivity contribution in [3.05, 3.63) is 46.5 Å². The second-order valence-electron chi connectivity index (χ2n) is 2.47. The lowest BCUT2D eigenvalue weighted by Gasteiger charge is -1.98. The number of nitrogens with zero attached hydrogens (tertiary/aromatic N) is 3. The third kappa shape index (κ3) is 1.08. The van der Waals surface area contributed by atoms with E-state index >= 15 is 0 Å². The Balaban J connectivity index is 2.27. The van der Waals surface area contributed by atoms with Gasteiger partial charge in [-0.05, 0) is 22.3 Å². The van der Waals surface area contributed by atoms with E-state index in [0.717, 1.165) is 11.3 Å². The molecule has 1 aliphatic rings. The Morgan fingerprint density at radius 1 is 1.42 bits per heavy atom. The average Bonchev–Trinajstić information content (AvgIpc) is 2.47. The first-order valence-electron chi connectivity index (χ1n) is 3.57. The zero-order valence-corrected chi connectivity index (χ0v) is 6.27. The summed E-state index contributed by atoms with van der Waals surface area (Å²) in [7, 11) is 0. The molecule has 0 N–H and O–H groups in total. The molecule has 1 heterocycles. The van der Waals surface area contributed by atoms with Gasteiger partial charge in [-0.1, -0.05) is 18.2 Å². The van der Waals surface area contributed by atoms with Gasteiger partial charge in [0.25, 0.3) is 0 Å². The van der Waals surface area contributed by atoms with Crippen LogP contribution in [0.3, 0.4) is 0 Å². The van der Waals surface area contributed by atoms with Crippen molar-refractivity contribution in [2.75, 3.05) is 0 Å². The van der Waals surface area contributed by atoms with Crippen molar-refractivity contribution in [3.63, 3.8) is 0 Å². The summed E-state index contributed by atoms with van der Waals surface area (Å²) >= 11 is 0. The number of fused-ring (bicyclic) bond motifs is 1. The van der Waals surface area contributed by atoms with E-state index in [1.54, 1.807) is 0 Å². The summed E-state index contributed by atoms with van der Waals surface area (Å²) in [5.41, 5.74) is 9.23. The molecule has 0 bridgehead atoms. The van der Waals surface area contributed by atoms with E-state index < -0.39 is 0 Å². The minimum Gasteiger partial charge on any atom is -0.476 e. The SMILES string of the molecule is [N-]=[N+]=N[C]1Cc2ccccc2O1. The molecule has 0 spiro atoms. The summed E-state index contributed by atoms with van der Waals surface area (Å²) in [6, 6.07) is 7.63. The van der Waals surface area contributed by atoms with Crippen molar-refractivity contribution in [1.82, 2.24) is 0 Å². The molecule has 1 aromatic rings. The van der Waals surface area contributed by atoms with Gasteiger partial charge in [0.2, 0.25) is 6.23 Å². The summed E-state index contributed by atoms with van der Waals surface area (Å²) < 4.78 is 5.24. The van der Waals surface area contributed by atoms with Crippen molar-refractivity contribution in [3.8, 4) is 5.75 Å². The summed E-state index contributed by atoms with van der Waals surface area (Å²) in [5.74, 6) is 0.792. The van der Waals surface area contributed by atoms with E-state index in [9.17, 15) is 0 Å². The molecule has 12 heavy (non-hydrogen) atoms. The fourth-order valence-corrected chi connectivity index (χ4v) is 1.18. The van der Waals surface area contributed by atoms with E-state index in [1.165, 1.54) is 0 Å². The third-order valence-corrected chi connectivity index (χ3v) is 1.70. The highest BCUT2D eigenvalue weighted by Gasteiger charge is 2.21. The van der Waals surface area contributed by atoms with Crippen LogP contribution in [0.15, 0.2) is 29.4 Å². The smallest absolute Gasteiger partial charge is 0.237 e. The summed E-state index contributed by atoms with van der Waals surface area (Å²) in [4.78, 5) is 2.66. The van der Waals surface area contributed by atoms with Crippen molar-refractivity contribution in [2.45, 2.75) is 6.42 Å². The summed E-state index contributed by atoms with van der Waals surface area (Å²) in [6.45, 7) is 0. The van der Waals surface area contributed by atoms with Crippen LogP contribution in [0.2, 0.25) is 0 Å². The topological polar surface area (TPSA) is 58.0 Å². The first kappa shape index (κ1) is 7.00. The quantitative estimate of drug-likeness (QED) is 0.353. The first-order valence-corrected chi connectivity index (χ1v) is 3.57. The van der Waals surface area contributed by atoms with E-state index in [-0.39, 0.29) is 0 Å². The van der Waals surface area contributed by atoms with E-state index in [1.807, 2.05) is 24.3 Å². The number of azide groups is 1. The lowest BCUT2D eigenvalue weighted by molar-refractivity contribution is 0.350. The number of ether oxygens (including phenoxy) is 1. The van der Waals surface area contributed by atoms with Crippen molar-refractivity contribution >= 4 is 0 Å². The van der Waals surface area contributed by atoms with Gasteiger partial charge in [0, 0.05) is 11.3 Å². The molecule has 4 nitrogen and oxygen atoms in total. The highest BCUT2D eigenvalue weighted by atomic mass is 16.5. The molecule has 1 aromatic carbocycles. The van der Waals surface area contributed by atoms with Gasteiger partial charge in [-0.2, -0.15) is 0 Å². The number of benzene rings is 1. The molecular formula is C8H6N3O. The summed E-state index contributed by atoms with van der Waals surface area (Å²) in [5, 5.41) is 3.41. The zero-order valence-electron chi connectivity index (χ0n) is 6.27. The molecule has 0 atom stereocenters. The van der Waals surface area contributed by atoms with Crippen molar-refractivity contribution in [2.24, 2.45) is 5.11 Å². The Kier molecular flexibility index (Phi) is 1.61. The van der Waals surface area contributed by atoms with Crippen LogP contribution in [0.1, 0.15) is 5.56 Å². The zero-order chi connectivity index (χ0) is 8.39. The van der Waals surface area contributed by atoms with E-state index in [4.69, 9.17) is 10.3 Å². The van der Waals surface area contributed by atoms with Crippen LogP contribution in [-0.2, 0) is 6.42 Å². The maximum atomic E-state index is 8.16. The van der Waals surface area contributed by atoms with Gasteiger partial charge >= 0.3 is 0 Å². The Bertz CT molecular complexity index is 319. The second-order valence-corrected chi connectivity index (χ2v) is 2.47. The molecule has 0 aromatic heterocycles. The normalized spacial score (nSPS) is 14.7. The standard InChI is InChI=1S/C8H6N3O/c9-11-10-8-5-6-3-1-2-4-7(6)12-8/h1-4H,5H2. The Morgan fingerprint density at radius 2 is 2.25 bits per heavy atom. The molecule has 59 valence electrons. The lowest BCUT2D eigenvalue weighted by Crippen LogP contribution is -1.95. The van der Waals surface area contributed by atoms with Crippen LogP contribution in [-0.4, -0.2) is 0 Å². The Labute approximate surface area is 69.4 Å². The molecule has 0 saturated carbocycles. The molecule has 0 aliphatic carbocycles. The van der Waals surface area contributed by atoms with Gasteiger partial charge in [-0.15, -0.1) is 0 Å². The largest absolute Gasteiger partial charge is 0.476 e. The van der Waals surface area contributed by atoms with Crippen LogP contribution >= 0.6 is 0 Å². The van der Waals surface area contributed by atoms with Gasteiger partial charge in [-0.25, -0.2) is 0 Å². The average molecular weight is 160 g/mol. The minimum atomic E-state index is 0.429. The first-order chi connectivity index (χ1) is 5.90. The van der Waals surface area contributed by atoms with Crippen LogP contribution in [0, 0.1) is 6.23 Å². The van der Waals surface area contributed by atoms with Gasteiger partial charge in [0.1, 0.15) is 5.75 Å². The highest BCUT2D eigenvalue weighted by Crippen LogP contribution is 2.32. The van der Waals surface area contributed by atoms with Gasteiger partial charge in [0.05, 0.1) is 0 Å². The van der Waals surface area contributed by atoms with Crippen LogP contribution < -0.4 is 4.74 Å². The Hall–Kier alpha value is -1.67. The molecule has 0 fully saturated rings. The molecule has 0 saturated heterocycles.